The van der Waals surface area contributed by atoms with Crippen LogP contribution < -0.4 is 11.1 Å². The van der Waals surface area contributed by atoms with Crippen LogP contribution in [0.4, 0.5) is 0 Å². The fourth-order valence-corrected chi connectivity index (χ4v) is 2.06. The molecule has 0 saturated carbocycles. The van der Waals surface area contributed by atoms with Crippen LogP contribution in [0.1, 0.15) is 40.0 Å². The van der Waals surface area contributed by atoms with Crippen LogP contribution in [0.3, 0.4) is 0 Å². The smallest absolute Gasteiger partial charge is 0.234 e. The minimum absolute atomic E-state index is 0.212. The number of amides is 1. The Balaban J connectivity index is 3.59. The van der Waals surface area contributed by atoms with Crippen LogP contribution in [0.2, 0.25) is 0 Å². The summed E-state index contributed by atoms with van der Waals surface area (Å²) in [6, 6.07) is -0.271. The summed E-state index contributed by atoms with van der Waals surface area (Å²) in [5, 5.41) is 3.60. The average Bonchev–Trinajstić information content (AvgIpc) is 2.16. The topological polar surface area (TPSA) is 72.2 Å². The van der Waals surface area contributed by atoms with Gasteiger partial charge in [0.2, 0.25) is 5.91 Å². The Morgan fingerprint density at radius 2 is 2.00 bits per heavy atom. The number of carbonyl (C=O) groups excluding carboxylic acids is 2. The second-order valence-corrected chi connectivity index (χ2v) is 5.59. The summed E-state index contributed by atoms with van der Waals surface area (Å²) in [4.78, 5) is 22.2. The van der Waals surface area contributed by atoms with E-state index >= 15 is 0 Å². The number of nitrogens with one attached hydrogen (secondary N) is 1. The highest BCUT2D eigenvalue weighted by Gasteiger charge is 2.11. The van der Waals surface area contributed by atoms with E-state index in [0.29, 0.717) is 24.6 Å². The van der Waals surface area contributed by atoms with Crippen LogP contribution in [-0.2, 0) is 9.59 Å². The Kier molecular flexibility index (Phi) is 8.29. The summed E-state index contributed by atoms with van der Waals surface area (Å²) in [6.07, 6.45) is 1.98. The minimum atomic E-state index is -0.328. The molecule has 3 N–H and O–H groups in total. The first kappa shape index (κ1) is 15.4. The molecule has 0 aliphatic rings. The maximum Gasteiger partial charge on any atom is 0.234 e. The van der Waals surface area contributed by atoms with Gasteiger partial charge in [-0.2, -0.15) is 0 Å². The fourth-order valence-electron chi connectivity index (χ4n) is 1.28. The van der Waals surface area contributed by atoms with Crippen LogP contribution in [0.5, 0.6) is 0 Å². The van der Waals surface area contributed by atoms with Crippen molar-refractivity contribution in [2.24, 2.45) is 5.73 Å². The van der Waals surface area contributed by atoms with Crippen molar-refractivity contribution in [1.29, 1.82) is 0 Å². The van der Waals surface area contributed by atoms with Gasteiger partial charge in [0.25, 0.3) is 0 Å². The van der Waals surface area contributed by atoms with Crippen molar-refractivity contribution in [3.63, 3.8) is 0 Å². The summed E-state index contributed by atoms with van der Waals surface area (Å²) < 4.78 is 0. The van der Waals surface area contributed by atoms with Gasteiger partial charge in [0.1, 0.15) is 0 Å². The quantitative estimate of drug-likeness (QED) is 0.633. The molecule has 0 fully saturated rings. The Morgan fingerprint density at radius 3 is 2.44 bits per heavy atom. The molecule has 0 aliphatic carbocycles. The monoisotopic (exact) mass is 246 g/mol. The zero-order valence-electron chi connectivity index (χ0n) is 10.3. The summed E-state index contributed by atoms with van der Waals surface area (Å²) >= 11 is 1.37. The number of rotatable bonds is 8. The van der Waals surface area contributed by atoms with Gasteiger partial charge < -0.3 is 11.1 Å². The molecule has 0 spiro atoms. The van der Waals surface area contributed by atoms with Crippen molar-refractivity contribution in [2.45, 2.75) is 51.3 Å². The number of nitrogens with two attached hydrogens (primary N) is 1. The number of primary amides is 1. The largest absolute Gasteiger partial charge is 0.368 e. The van der Waals surface area contributed by atoms with E-state index in [2.05, 4.69) is 5.32 Å². The molecule has 0 aromatic rings. The molecule has 0 aromatic carbocycles. The van der Waals surface area contributed by atoms with Crippen LogP contribution in [0.25, 0.3) is 0 Å². The highest BCUT2D eigenvalue weighted by molar-refractivity contribution is 8.14. The summed E-state index contributed by atoms with van der Waals surface area (Å²) in [5.41, 5.74) is 5.18. The molecule has 4 nitrogen and oxygen atoms in total. The van der Waals surface area contributed by atoms with Crippen LogP contribution in [0.15, 0.2) is 0 Å². The average molecular weight is 246 g/mol. The van der Waals surface area contributed by atoms with E-state index in [9.17, 15) is 9.59 Å². The SMILES string of the molecule is CC[C@H](NCCCC(=O)SC(C)C)C(N)=O. The molecule has 0 heterocycles. The Morgan fingerprint density at radius 1 is 1.38 bits per heavy atom. The van der Waals surface area contributed by atoms with Crippen molar-refractivity contribution in [2.75, 3.05) is 6.54 Å². The second kappa shape index (κ2) is 8.58. The number of hydrogen-bond donors (Lipinski definition) is 2. The van der Waals surface area contributed by atoms with E-state index in [1.165, 1.54) is 11.8 Å². The molecular weight excluding hydrogens is 224 g/mol. The van der Waals surface area contributed by atoms with E-state index in [-0.39, 0.29) is 17.1 Å². The van der Waals surface area contributed by atoms with Gasteiger partial charge in [0.05, 0.1) is 6.04 Å². The Bertz CT molecular complexity index is 232. The first-order valence-corrected chi connectivity index (χ1v) is 6.57. The zero-order valence-corrected chi connectivity index (χ0v) is 11.1. The maximum absolute atomic E-state index is 11.3. The number of hydrogen-bond acceptors (Lipinski definition) is 4. The number of carbonyl (C=O) groups is 2. The third kappa shape index (κ3) is 7.70. The highest BCUT2D eigenvalue weighted by Crippen LogP contribution is 2.13. The second-order valence-electron chi connectivity index (χ2n) is 3.96. The predicted molar refractivity (Wildman–Crippen MR) is 68.2 cm³/mol. The summed E-state index contributed by atoms with van der Waals surface area (Å²) in [5.74, 6) is -0.328. The standard InChI is InChI=1S/C11H22N2O2S/c1-4-9(11(12)15)13-7-5-6-10(14)16-8(2)3/h8-9,13H,4-7H2,1-3H3,(H2,12,15)/t9-/m0/s1. The van der Waals surface area contributed by atoms with Gasteiger partial charge in [-0.3, -0.25) is 9.59 Å². The zero-order chi connectivity index (χ0) is 12.6. The van der Waals surface area contributed by atoms with Gasteiger partial charge in [-0.1, -0.05) is 32.5 Å². The fraction of sp³-hybridized carbons (Fsp3) is 0.818. The third-order valence-electron chi connectivity index (χ3n) is 2.07. The third-order valence-corrected chi connectivity index (χ3v) is 3.01. The van der Waals surface area contributed by atoms with Gasteiger partial charge in [-0.15, -0.1) is 0 Å². The molecule has 0 rings (SSSR count). The van der Waals surface area contributed by atoms with Crippen molar-refractivity contribution in [3.8, 4) is 0 Å². The van der Waals surface area contributed by atoms with Crippen molar-refractivity contribution >= 4 is 22.8 Å². The van der Waals surface area contributed by atoms with Crippen molar-refractivity contribution in [1.82, 2.24) is 5.32 Å². The predicted octanol–water partition coefficient (Wildman–Crippen LogP) is 1.29. The minimum Gasteiger partial charge on any atom is -0.368 e. The van der Waals surface area contributed by atoms with Crippen LogP contribution in [-0.4, -0.2) is 28.9 Å². The molecule has 5 heteroatoms. The normalized spacial score (nSPS) is 12.8. The van der Waals surface area contributed by atoms with Crippen LogP contribution >= 0.6 is 11.8 Å². The molecular formula is C11H22N2O2S. The molecule has 0 saturated heterocycles. The molecule has 0 radical (unpaired) electrons. The molecule has 1 atom stereocenters. The lowest BCUT2D eigenvalue weighted by Gasteiger charge is -2.12. The molecule has 1 amide bonds. The molecule has 0 aromatic heterocycles. The van der Waals surface area contributed by atoms with E-state index in [0.717, 1.165) is 6.42 Å². The lowest BCUT2D eigenvalue weighted by atomic mass is 10.2. The van der Waals surface area contributed by atoms with Gasteiger partial charge in [0, 0.05) is 11.7 Å². The highest BCUT2D eigenvalue weighted by atomic mass is 32.2. The van der Waals surface area contributed by atoms with Gasteiger partial charge in [0.15, 0.2) is 5.12 Å². The Labute approximate surface area is 102 Å². The van der Waals surface area contributed by atoms with Gasteiger partial charge in [-0.05, 0) is 19.4 Å². The summed E-state index contributed by atoms with van der Waals surface area (Å²) in [7, 11) is 0. The summed E-state index contributed by atoms with van der Waals surface area (Å²) in [6.45, 7) is 6.57. The maximum atomic E-state index is 11.3. The van der Waals surface area contributed by atoms with Crippen molar-refractivity contribution in [3.05, 3.63) is 0 Å². The lowest BCUT2D eigenvalue weighted by molar-refractivity contribution is -0.120. The lowest BCUT2D eigenvalue weighted by Crippen LogP contribution is -2.41. The molecule has 0 aliphatic heterocycles. The molecule has 0 unspecified atom stereocenters. The van der Waals surface area contributed by atoms with E-state index < -0.39 is 0 Å². The molecule has 0 bridgehead atoms. The first-order chi connectivity index (χ1) is 7.47. The van der Waals surface area contributed by atoms with Crippen molar-refractivity contribution < 1.29 is 9.59 Å². The molecule has 16 heavy (non-hydrogen) atoms. The number of thioether (sulfide) groups is 1. The van der Waals surface area contributed by atoms with Crippen LogP contribution in [0, 0.1) is 0 Å². The molecule has 94 valence electrons. The van der Waals surface area contributed by atoms with E-state index in [1.807, 2.05) is 20.8 Å². The van der Waals surface area contributed by atoms with Gasteiger partial charge in [-0.25, -0.2) is 0 Å². The van der Waals surface area contributed by atoms with E-state index in [1.54, 1.807) is 0 Å². The van der Waals surface area contributed by atoms with Gasteiger partial charge >= 0.3 is 0 Å². The van der Waals surface area contributed by atoms with E-state index in [4.69, 9.17) is 5.73 Å². The first-order valence-electron chi connectivity index (χ1n) is 5.69. The Hall–Kier alpha value is -0.550.